The maximum atomic E-state index is 10.9. The third-order valence-electron chi connectivity index (χ3n) is 2.62. The van der Waals surface area contributed by atoms with Crippen LogP contribution in [0.2, 0.25) is 0 Å². The van der Waals surface area contributed by atoms with Gasteiger partial charge in [0, 0.05) is 6.04 Å². The van der Waals surface area contributed by atoms with E-state index in [2.05, 4.69) is 6.07 Å². The molecule has 0 aromatic rings. The monoisotopic (exact) mass is 212 g/mol. The van der Waals surface area contributed by atoms with Gasteiger partial charge in [-0.05, 0) is 13.0 Å². The molecule has 0 amide bonds. The smallest absolute Gasteiger partial charge is 0.310 e. The predicted octanol–water partition coefficient (Wildman–Crippen LogP) is 0.322. The van der Waals surface area contributed by atoms with Crippen molar-refractivity contribution < 1.29 is 14.6 Å². The molecule has 0 bridgehead atoms. The largest absolute Gasteiger partial charge is 0.481 e. The fraction of sp³-hybridized carbons (Fsp3) is 0.800. The second kappa shape index (κ2) is 5.69. The van der Waals surface area contributed by atoms with Crippen LogP contribution in [0.25, 0.3) is 0 Å². The van der Waals surface area contributed by atoms with Gasteiger partial charge in [0.1, 0.15) is 0 Å². The van der Waals surface area contributed by atoms with Crippen molar-refractivity contribution in [3.8, 4) is 6.07 Å². The molecule has 2 atom stereocenters. The minimum absolute atomic E-state index is 0.151. The van der Waals surface area contributed by atoms with Crippen molar-refractivity contribution >= 4 is 5.97 Å². The fourth-order valence-electron chi connectivity index (χ4n) is 1.88. The lowest BCUT2D eigenvalue weighted by Crippen LogP contribution is -2.43. The van der Waals surface area contributed by atoms with E-state index in [0.29, 0.717) is 6.61 Å². The topological polar surface area (TPSA) is 73.6 Å². The number of nitrogens with zero attached hydrogens (tertiary/aromatic N) is 2. The highest BCUT2D eigenvalue weighted by molar-refractivity contribution is 5.71. The van der Waals surface area contributed by atoms with Gasteiger partial charge in [0.25, 0.3) is 0 Å². The first-order valence-electron chi connectivity index (χ1n) is 5.12. The molecule has 0 aromatic carbocycles. The Morgan fingerprint density at radius 2 is 2.40 bits per heavy atom. The second-order valence-corrected chi connectivity index (χ2v) is 3.68. The van der Waals surface area contributed by atoms with E-state index in [4.69, 9.17) is 15.1 Å². The molecule has 1 fully saturated rings. The van der Waals surface area contributed by atoms with Crippen LogP contribution in [0.1, 0.15) is 13.3 Å². The van der Waals surface area contributed by atoms with Crippen molar-refractivity contribution in [1.29, 1.82) is 5.26 Å². The Morgan fingerprint density at radius 1 is 1.67 bits per heavy atom. The Morgan fingerprint density at radius 3 is 2.93 bits per heavy atom. The predicted molar refractivity (Wildman–Crippen MR) is 53.2 cm³/mol. The van der Waals surface area contributed by atoms with Gasteiger partial charge < -0.3 is 9.84 Å². The fourth-order valence-corrected chi connectivity index (χ4v) is 1.88. The van der Waals surface area contributed by atoms with Gasteiger partial charge in [0.05, 0.1) is 31.7 Å². The number of aliphatic carboxylic acids is 1. The van der Waals surface area contributed by atoms with E-state index >= 15 is 0 Å². The Labute approximate surface area is 89.2 Å². The summed E-state index contributed by atoms with van der Waals surface area (Å²) in [4.78, 5) is 12.8. The quantitative estimate of drug-likeness (QED) is 0.664. The lowest BCUT2D eigenvalue weighted by Gasteiger charge is -2.27. The molecular weight excluding hydrogens is 196 g/mol. The zero-order valence-electron chi connectivity index (χ0n) is 8.85. The highest BCUT2D eigenvalue weighted by Crippen LogP contribution is 2.20. The van der Waals surface area contributed by atoms with E-state index in [9.17, 15) is 4.79 Å². The van der Waals surface area contributed by atoms with Crippen LogP contribution in [0.5, 0.6) is 0 Å². The van der Waals surface area contributed by atoms with Crippen molar-refractivity contribution in [3.63, 3.8) is 0 Å². The first kappa shape index (κ1) is 12.0. The van der Waals surface area contributed by atoms with Crippen LogP contribution >= 0.6 is 0 Å². The van der Waals surface area contributed by atoms with Crippen LogP contribution in [-0.2, 0) is 9.53 Å². The molecule has 1 saturated heterocycles. The molecule has 0 saturated carbocycles. The van der Waals surface area contributed by atoms with E-state index in [0.717, 1.165) is 13.0 Å². The average Bonchev–Trinajstić information content (AvgIpc) is 2.65. The summed E-state index contributed by atoms with van der Waals surface area (Å²) < 4.78 is 5.17. The van der Waals surface area contributed by atoms with Crippen LogP contribution in [0.15, 0.2) is 0 Å². The molecule has 0 aromatic heterocycles. The molecule has 84 valence electrons. The van der Waals surface area contributed by atoms with Gasteiger partial charge in [-0.25, -0.2) is 0 Å². The molecule has 0 aliphatic carbocycles. The van der Waals surface area contributed by atoms with Gasteiger partial charge in [0.2, 0.25) is 0 Å². The van der Waals surface area contributed by atoms with Crippen LogP contribution in [0, 0.1) is 17.2 Å². The van der Waals surface area contributed by atoms with Gasteiger partial charge >= 0.3 is 5.97 Å². The Kier molecular flexibility index (Phi) is 4.53. The number of rotatable bonds is 5. The molecule has 0 radical (unpaired) electrons. The Balaban J connectivity index is 2.65. The third kappa shape index (κ3) is 2.91. The SMILES string of the molecule is CCCN(CC#N)C1COCC1C(=O)O. The molecule has 1 heterocycles. The first-order chi connectivity index (χ1) is 7.20. The molecule has 5 heteroatoms. The van der Waals surface area contributed by atoms with Crippen LogP contribution < -0.4 is 0 Å². The summed E-state index contributed by atoms with van der Waals surface area (Å²) in [7, 11) is 0. The minimum Gasteiger partial charge on any atom is -0.481 e. The lowest BCUT2D eigenvalue weighted by atomic mass is 10.0. The second-order valence-electron chi connectivity index (χ2n) is 3.68. The maximum absolute atomic E-state index is 10.9. The Hall–Kier alpha value is -1.12. The third-order valence-corrected chi connectivity index (χ3v) is 2.62. The molecule has 1 aliphatic heterocycles. The molecular formula is C10H16N2O3. The van der Waals surface area contributed by atoms with Crippen LogP contribution in [-0.4, -0.2) is 48.3 Å². The minimum atomic E-state index is -0.837. The van der Waals surface area contributed by atoms with Crippen molar-refractivity contribution in [3.05, 3.63) is 0 Å². The summed E-state index contributed by atoms with van der Waals surface area (Å²) in [5.41, 5.74) is 0. The molecule has 1 N–H and O–H groups in total. The van der Waals surface area contributed by atoms with E-state index in [1.807, 2.05) is 11.8 Å². The van der Waals surface area contributed by atoms with E-state index in [1.165, 1.54) is 0 Å². The molecule has 1 aliphatic rings. The first-order valence-corrected chi connectivity index (χ1v) is 5.12. The summed E-state index contributed by atoms with van der Waals surface area (Å²) in [6.07, 6.45) is 0.907. The number of carboxylic acids is 1. The van der Waals surface area contributed by atoms with Gasteiger partial charge in [-0.2, -0.15) is 5.26 Å². The van der Waals surface area contributed by atoms with Crippen molar-refractivity contribution in [1.82, 2.24) is 4.90 Å². The zero-order chi connectivity index (χ0) is 11.3. The van der Waals surface area contributed by atoms with Crippen molar-refractivity contribution in [2.24, 2.45) is 5.92 Å². The normalized spacial score (nSPS) is 25.4. The summed E-state index contributed by atoms with van der Waals surface area (Å²) in [6, 6.07) is 1.92. The van der Waals surface area contributed by atoms with Gasteiger partial charge in [-0.3, -0.25) is 9.69 Å². The number of carbonyl (C=O) groups is 1. The number of hydrogen-bond acceptors (Lipinski definition) is 4. The molecule has 5 nitrogen and oxygen atoms in total. The summed E-state index contributed by atoms with van der Waals surface area (Å²) in [5.74, 6) is -1.33. The highest BCUT2D eigenvalue weighted by atomic mass is 16.5. The summed E-state index contributed by atoms with van der Waals surface area (Å²) >= 11 is 0. The maximum Gasteiger partial charge on any atom is 0.310 e. The number of carboxylic acid groups (broad SMARTS) is 1. The van der Waals surface area contributed by atoms with E-state index < -0.39 is 11.9 Å². The van der Waals surface area contributed by atoms with Gasteiger partial charge in [0.15, 0.2) is 0 Å². The van der Waals surface area contributed by atoms with Gasteiger partial charge in [-0.15, -0.1) is 0 Å². The number of ether oxygens (including phenoxy) is 1. The lowest BCUT2D eigenvalue weighted by molar-refractivity contribution is -0.143. The number of hydrogen-bond donors (Lipinski definition) is 1. The van der Waals surface area contributed by atoms with Gasteiger partial charge in [-0.1, -0.05) is 6.92 Å². The average molecular weight is 212 g/mol. The van der Waals surface area contributed by atoms with Crippen LogP contribution in [0.3, 0.4) is 0 Å². The highest BCUT2D eigenvalue weighted by Gasteiger charge is 2.37. The zero-order valence-corrected chi connectivity index (χ0v) is 8.85. The Bertz CT molecular complexity index is 262. The molecule has 1 rings (SSSR count). The standard InChI is InChI=1S/C10H16N2O3/c1-2-4-12(5-3-11)9-7-15-6-8(9)10(13)14/h8-9H,2,4-7H2,1H3,(H,13,14). The van der Waals surface area contributed by atoms with E-state index in [1.54, 1.807) is 0 Å². The van der Waals surface area contributed by atoms with Crippen LogP contribution in [0.4, 0.5) is 0 Å². The molecule has 15 heavy (non-hydrogen) atoms. The van der Waals surface area contributed by atoms with Crippen molar-refractivity contribution in [2.45, 2.75) is 19.4 Å². The van der Waals surface area contributed by atoms with E-state index in [-0.39, 0.29) is 19.2 Å². The molecule has 0 spiro atoms. The summed E-state index contributed by atoms with van der Waals surface area (Å²) in [5, 5.41) is 17.6. The van der Waals surface area contributed by atoms with Crippen molar-refractivity contribution in [2.75, 3.05) is 26.3 Å². The summed E-state index contributed by atoms with van der Waals surface area (Å²) in [6.45, 7) is 3.69. The number of nitriles is 1. The molecule has 2 unspecified atom stereocenters.